The minimum Gasteiger partial charge on any atom is -0.545 e. The molecule has 4 nitrogen and oxygen atoms in total. The molecule has 1 N–H and O–H groups in total. The van der Waals surface area contributed by atoms with Crippen LogP contribution in [0.4, 0.5) is 5.69 Å². The maximum Gasteiger partial charge on any atom is 0.236 e. The van der Waals surface area contributed by atoms with Gasteiger partial charge in [-0.3, -0.25) is 4.79 Å². The SMILES string of the molecule is O=C([O-])c1cc(Br)ccc1NC(=O)C(c1ccccc1)c1ccccc1. The highest BCUT2D eigenvalue weighted by molar-refractivity contribution is 9.10. The third kappa shape index (κ3) is 4.00. The van der Waals surface area contributed by atoms with Crippen molar-refractivity contribution < 1.29 is 14.7 Å². The molecule has 0 aliphatic rings. The Morgan fingerprint density at radius 2 is 1.38 bits per heavy atom. The Balaban J connectivity index is 1.99. The van der Waals surface area contributed by atoms with Crippen molar-refractivity contribution in [1.29, 1.82) is 0 Å². The predicted molar refractivity (Wildman–Crippen MR) is 102 cm³/mol. The van der Waals surface area contributed by atoms with Crippen LogP contribution in [0, 0.1) is 0 Å². The van der Waals surface area contributed by atoms with Gasteiger partial charge in [0.1, 0.15) is 0 Å². The van der Waals surface area contributed by atoms with Crippen molar-refractivity contribution in [2.45, 2.75) is 5.92 Å². The normalized spacial score (nSPS) is 10.5. The van der Waals surface area contributed by atoms with E-state index in [1.807, 2.05) is 60.7 Å². The van der Waals surface area contributed by atoms with Crippen molar-refractivity contribution in [3.05, 3.63) is 100 Å². The summed E-state index contributed by atoms with van der Waals surface area (Å²) in [6.45, 7) is 0. The van der Waals surface area contributed by atoms with Crippen LogP contribution >= 0.6 is 15.9 Å². The molecule has 0 bridgehead atoms. The molecule has 3 rings (SSSR count). The molecular weight excluding hydrogens is 394 g/mol. The summed E-state index contributed by atoms with van der Waals surface area (Å²) in [6, 6.07) is 23.3. The number of carbonyl (C=O) groups excluding carboxylic acids is 2. The van der Waals surface area contributed by atoms with E-state index in [4.69, 9.17) is 0 Å². The summed E-state index contributed by atoms with van der Waals surface area (Å²) in [4.78, 5) is 24.4. The molecule has 130 valence electrons. The van der Waals surface area contributed by atoms with Gasteiger partial charge in [0.15, 0.2) is 0 Å². The van der Waals surface area contributed by atoms with E-state index < -0.39 is 11.9 Å². The van der Waals surface area contributed by atoms with Gasteiger partial charge in [0.05, 0.1) is 11.9 Å². The lowest BCUT2D eigenvalue weighted by Gasteiger charge is -2.19. The molecule has 26 heavy (non-hydrogen) atoms. The maximum absolute atomic E-state index is 13.0. The maximum atomic E-state index is 13.0. The summed E-state index contributed by atoms with van der Waals surface area (Å²) < 4.78 is 0.595. The van der Waals surface area contributed by atoms with Crippen LogP contribution in [0.2, 0.25) is 0 Å². The molecule has 0 atom stereocenters. The first kappa shape index (κ1) is 17.9. The number of benzene rings is 3. The molecule has 0 spiro atoms. The van der Waals surface area contributed by atoms with E-state index >= 15 is 0 Å². The molecule has 1 amide bonds. The van der Waals surface area contributed by atoms with E-state index in [1.165, 1.54) is 6.07 Å². The van der Waals surface area contributed by atoms with Crippen LogP contribution in [0.15, 0.2) is 83.3 Å². The lowest BCUT2D eigenvalue weighted by molar-refractivity contribution is -0.254. The number of carbonyl (C=O) groups is 2. The summed E-state index contributed by atoms with van der Waals surface area (Å²) in [5, 5.41) is 14.1. The number of carboxylic acid groups (broad SMARTS) is 1. The summed E-state index contributed by atoms with van der Waals surface area (Å²) in [5.74, 6) is -2.22. The molecule has 0 saturated heterocycles. The zero-order chi connectivity index (χ0) is 18.5. The monoisotopic (exact) mass is 408 g/mol. The fourth-order valence-electron chi connectivity index (χ4n) is 2.79. The Labute approximate surface area is 159 Å². The van der Waals surface area contributed by atoms with Crippen molar-refractivity contribution in [3.63, 3.8) is 0 Å². The number of carboxylic acids is 1. The number of halogens is 1. The number of aromatic carboxylic acids is 1. The largest absolute Gasteiger partial charge is 0.545 e. The topological polar surface area (TPSA) is 69.2 Å². The Kier molecular flexibility index (Phi) is 5.49. The third-order valence-corrected chi connectivity index (χ3v) is 4.48. The highest BCUT2D eigenvalue weighted by Crippen LogP contribution is 2.28. The van der Waals surface area contributed by atoms with Crippen molar-refractivity contribution >= 4 is 33.5 Å². The Hall–Kier alpha value is -2.92. The van der Waals surface area contributed by atoms with Crippen LogP contribution in [0.5, 0.6) is 0 Å². The predicted octanol–water partition coefficient (Wildman–Crippen LogP) is 3.58. The first-order valence-corrected chi connectivity index (χ1v) is 8.77. The number of hydrogen-bond donors (Lipinski definition) is 1. The molecule has 0 unspecified atom stereocenters. The summed E-state index contributed by atoms with van der Waals surface area (Å²) in [7, 11) is 0. The van der Waals surface area contributed by atoms with Gasteiger partial charge in [-0.2, -0.15) is 0 Å². The van der Waals surface area contributed by atoms with E-state index in [1.54, 1.807) is 12.1 Å². The smallest absolute Gasteiger partial charge is 0.236 e. The number of anilines is 1. The fourth-order valence-corrected chi connectivity index (χ4v) is 3.15. The van der Waals surface area contributed by atoms with E-state index in [0.29, 0.717) is 4.47 Å². The second kappa shape index (κ2) is 7.97. The fraction of sp³-hybridized carbons (Fsp3) is 0.0476. The summed E-state index contributed by atoms with van der Waals surface area (Å²) >= 11 is 3.23. The molecule has 0 aliphatic heterocycles. The van der Waals surface area contributed by atoms with Crippen LogP contribution in [0.3, 0.4) is 0 Å². The number of amides is 1. The minimum absolute atomic E-state index is 0.0763. The number of rotatable bonds is 5. The van der Waals surface area contributed by atoms with Crippen molar-refractivity contribution in [2.75, 3.05) is 5.32 Å². The zero-order valence-electron chi connectivity index (χ0n) is 13.7. The highest BCUT2D eigenvalue weighted by Gasteiger charge is 2.23. The Morgan fingerprint density at radius 3 is 1.88 bits per heavy atom. The molecule has 0 fully saturated rings. The van der Waals surface area contributed by atoms with E-state index in [-0.39, 0.29) is 17.2 Å². The van der Waals surface area contributed by atoms with Crippen molar-refractivity contribution in [2.24, 2.45) is 0 Å². The van der Waals surface area contributed by atoms with Gasteiger partial charge in [0.2, 0.25) is 5.91 Å². The van der Waals surface area contributed by atoms with Gasteiger partial charge in [0, 0.05) is 15.7 Å². The molecule has 0 saturated carbocycles. The van der Waals surface area contributed by atoms with Crippen LogP contribution < -0.4 is 10.4 Å². The van der Waals surface area contributed by atoms with Gasteiger partial charge in [0.25, 0.3) is 0 Å². The third-order valence-electron chi connectivity index (χ3n) is 3.99. The van der Waals surface area contributed by atoms with Gasteiger partial charge in [-0.05, 0) is 29.3 Å². The summed E-state index contributed by atoms with van der Waals surface area (Å²) in [6.07, 6.45) is 0. The quantitative estimate of drug-likeness (QED) is 0.701. The molecule has 3 aromatic carbocycles. The molecule has 0 heterocycles. The molecule has 3 aromatic rings. The van der Waals surface area contributed by atoms with Crippen molar-refractivity contribution in [3.8, 4) is 0 Å². The van der Waals surface area contributed by atoms with Gasteiger partial charge < -0.3 is 15.2 Å². The highest BCUT2D eigenvalue weighted by atomic mass is 79.9. The van der Waals surface area contributed by atoms with Gasteiger partial charge in [-0.25, -0.2) is 0 Å². The standard InChI is InChI=1S/C21H16BrNO3/c22-16-11-12-18(17(13-16)21(25)26)23-20(24)19(14-7-3-1-4-8-14)15-9-5-2-6-10-15/h1-13,19H,(H,23,24)(H,25,26)/p-1. The first-order chi connectivity index (χ1) is 12.6. The lowest BCUT2D eigenvalue weighted by Crippen LogP contribution is -2.27. The number of hydrogen-bond acceptors (Lipinski definition) is 3. The second-order valence-electron chi connectivity index (χ2n) is 5.72. The van der Waals surface area contributed by atoms with Crippen molar-refractivity contribution in [1.82, 2.24) is 0 Å². The van der Waals surface area contributed by atoms with Crippen LogP contribution in [-0.2, 0) is 4.79 Å². The van der Waals surface area contributed by atoms with Gasteiger partial charge in [-0.15, -0.1) is 0 Å². The van der Waals surface area contributed by atoms with Crippen LogP contribution in [0.1, 0.15) is 27.4 Å². The minimum atomic E-state index is -1.35. The first-order valence-electron chi connectivity index (χ1n) is 7.98. The lowest BCUT2D eigenvalue weighted by atomic mass is 9.90. The molecular formula is C21H15BrNO3-. The van der Waals surface area contributed by atoms with E-state index in [9.17, 15) is 14.7 Å². The average Bonchev–Trinajstić information content (AvgIpc) is 2.65. The molecule has 5 heteroatoms. The van der Waals surface area contributed by atoms with Gasteiger partial charge in [-0.1, -0.05) is 76.6 Å². The summed E-state index contributed by atoms with van der Waals surface area (Å²) in [5.41, 5.74) is 1.77. The van der Waals surface area contributed by atoms with Gasteiger partial charge >= 0.3 is 0 Å². The number of nitrogens with one attached hydrogen (secondary N) is 1. The van der Waals surface area contributed by atoms with Crippen LogP contribution in [-0.4, -0.2) is 11.9 Å². The Morgan fingerprint density at radius 1 is 0.846 bits per heavy atom. The average molecular weight is 409 g/mol. The van der Waals surface area contributed by atoms with E-state index in [2.05, 4.69) is 21.2 Å². The second-order valence-corrected chi connectivity index (χ2v) is 6.64. The molecule has 0 aliphatic carbocycles. The molecule has 0 radical (unpaired) electrons. The zero-order valence-corrected chi connectivity index (χ0v) is 15.3. The Bertz CT molecular complexity index is 887. The van der Waals surface area contributed by atoms with E-state index in [0.717, 1.165) is 11.1 Å². The molecule has 0 aromatic heterocycles. The van der Waals surface area contributed by atoms with Crippen LogP contribution in [0.25, 0.3) is 0 Å².